The SMILES string of the molecule is OC[C@@H](CNc1cc(-c2ccccc2)nc2ccnn12)Cc1ccsc1. The van der Waals surface area contributed by atoms with Crippen LogP contribution in [0.5, 0.6) is 0 Å². The number of nitrogens with one attached hydrogen (secondary N) is 1. The fourth-order valence-corrected chi connectivity index (χ4v) is 3.67. The van der Waals surface area contributed by atoms with E-state index in [1.165, 1.54) is 5.56 Å². The third-order valence-electron chi connectivity index (χ3n) is 4.36. The Kier molecular flexibility index (Phi) is 4.95. The molecule has 0 spiro atoms. The molecule has 1 aromatic carbocycles. The summed E-state index contributed by atoms with van der Waals surface area (Å²) < 4.78 is 1.80. The van der Waals surface area contributed by atoms with Crippen LogP contribution in [0.3, 0.4) is 0 Å². The van der Waals surface area contributed by atoms with Gasteiger partial charge in [0.15, 0.2) is 5.65 Å². The second kappa shape index (κ2) is 7.68. The van der Waals surface area contributed by atoms with E-state index in [0.29, 0.717) is 6.54 Å². The molecule has 1 atom stereocenters. The highest BCUT2D eigenvalue weighted by molar-refractivity contribution is 7.07. The van der Waals surface area contributed by atoms with Crippen molar-refractivity contribution < 1.29 is 5.11 Å². The van der Waals surface area contributed by atoms with E-state index in [9.17, 15) is 5.11 Å². The van der Waals surface area contributed by atoms with Crippen molar-refractivity contribution in [2.45, 2.75) is 6.42 Å². The number of aliphatic hydroxyl groups is 1. The van der Waals surface area contributed by atoms with Crippen LogP contribution in [-0.4, -0.2) is 32.9 Å². The lowest BCUT2D eigenvalue weighted by molar-refractivity contribution is 0.232. The summed E-state index contributed by atoms with van der Waals surface area (Å²) in [7, 11) is 0. The van der Waals surface area contributed by atoms with Gasteiger partial charge in [0.2, 0.25) is 0 Å². The van der Waals surface area contributed by atoms with Gasteiger partial charge in [-0.3, -0.25) is 0 Å². The molecule has 3 aromatic heterocycles. The van der Waals surface area contributed by atoms with E-state index in [-0.39, 0.29) is 12.5 Å². The van der Waals surface area contributed by atoms with E-state index in [0.717, 1.165) is 29.1 Å². The number of benzene rings is 1. The van der Waals surface area contributed by atoms with Crippen LogP contribution < -0.4 is 5.32 Å². The van der Waals surface area contributed by atoms with Crippen molar-refractivity contribution in [1.29, 1.82) is 0 Å². The Morgan fingerprint density at radius 1 is 1.15 bits per heavy atom. The zero-order valence-corrected chi connectivity index (χ0v) is 15.1. The number of thiophene rings is 1. The maximum atomic E-state index is 9.74. The van der Waals surface area contributed by atoms with Gasteiger partial charge in [-0.25, -0.2) is 4.98 Å². The third-order valence-corrected chi connectivity index (χ3v) is 5.10. The molecule has 0 fully saturated rings. The molecule has 0 saturated carbocycles. The number of anilines is 1. The fourth-order valence-electron chi connectivity index (χ4n) is 2.99. The lowest BCUT2D eigenvalue weighted by Gasteiger charge is -2.16. The van der Waals surface area contributed by atoms with Crippen LogP contribution in [0.2, 0.25) is 0 Å². The monoisotopic (exact) mass is 364 g/mol. The smallest absolute Gasteiger partial charge is 0.157 e. The first-order valence-corrected chi connectivity index (χ1v) is 9.54. The Labute approximate surface area is 156 Å². The Morgan fingerprint density at radius 2 is 2.04 bits per heavy atom. The first-order chi connectivity index (χ1) is 12.8. The number of nitrogens with zero attached hydrogens (tertiary/aromatic N) is 3. The molecule has 0 unspecified atom stereocenters. The highest BCUT2D eigenvalue weighted by atomic mass is 32.1. The fraction of sp³-hybridized carbons (Fsp3) is 0.200. The van der Waals surface area contributed by atoms with Gasteiger partial charge in [0.05, 0.1) is 11.9 Å². The molecule has 26 heavy (non-hydrogen) atoms. The molecule has 4 rings (SSSR count). The molecule has 6 heteroatoms. The molecule has 0 aliphatic rings. The molecule has 0 saturated heterocycles. The first kappa shape index (κ1) is 16.8. The van der Waals surface area contributed by atoms with E-state index in [4.69, 9.17) is 0 Å². The van der Waals surface area contributed by atoms with Crippen LogP contribution in [0.1, 0.15) is 5.56 Å². The normalized spacial score (nSPS) is 12.3. The minimum Gasteiger partial charge on any atom is -0.396 e. The summed E-state index contributed by atoms with van der Waals surface area (Å²) >= 11 is 1.68. The van der Waals surface area contributed by atoms with Gasteiger partial charge in [-0.1, -0.05) is 30.3 Å². The summed E-state index contributed by atoms with van der Waals surface area (Å²) in [6.45, 7) is 0.807. The predicted molar refractivity (Wildman–Crippen MR) is 106 cm³/mol. The van der Waals surface area contributed by atoms with Crippen LogP contribution in [-0.2, 0) is 6.42 Å². The molecule has 132 valence electrons. The van der Waals surface area contributed by atoms with Gasteiger partial charge < -0.3 is 10.4 Å². The van der Waals surface area contributed by atoms with Crippen LogP contribution in [0.25, 0.3) is 16.9 Å². The van der Waals surface area contributed by atoms with Crippen molar-refractivity contribution in [3.05, 3.63) is 71.1 Å². The number of hydrogen-bond donors (Lipinski definition) is 2. The highest BCUT2D eigenvalue weighted by Crippen LogP contribution is 2.22. The summed E-state index contributed by atoms with van der Waals surface area (Å²) in [6.07, 6.45) is 2.60. The topological polar surface area (TPSA) is 62.5 Å². The zero-order valence-electron chi connectivity index (χ0n) is 14.2. The van der Waals surface area contributed by atoms with Crippen molar-refractivity contribution in [2.24, 2.45) is 5.92 Å². The van der Waals surface area contributed by atoms with E-state index in [1.54, 1.807) is 22.0 Å². The molecule has 3 heterocycles. The quantitative estimate of drug-likeness (QED) is 0.525. The number of aliphatic hydroxyl groups excluding tert-OH is 1. The molecule has 0 aliphatic carbocycles. The van der Waals surface area contributed by atoms with Crippen LogP contribution >= 0.6 is 11.3 Å². The van der Waals surface area contributed by atoms with Crippen molar-refractivity contribution in [3.8, 4) is 11.3 Å². The van der Waals surface area contributed by atoms with Gasteiger partial charge >= 0.3 is 0 Å². The third kappa shape index (κ3) is 3.61. The van der Waals surface area contributed by atoms with E-state index in [2.05, 4.69) is 32.2 Å². The van der Waals surface area contributed by atoms with Crippen LogP contribution in [0.4, 0.5) is 5.82 Å². The van der Waals surface area contributed by atoms with Gasteiger partial charge in [-0.05, 0) is 28.8 Å². The highest BCUT2D eigenvalue weighted by Gasteiger charge is 2.12. The van der Waals surface area contributed by atoms with Crippen LogP contribution in [0.15, 0.2) is 65.5 Å². The Morgan fingerprint density at radius 3 is 2.81 bits per heavy atom. The lowest BCUT2D eigenvalue weighted by atomic mass is 10.0. The zero-order chi connectivity index (χ0) is 17.8. The number of rotatable bonds is 7. The summed E-state index contributed by atoms with van der Waals surface area (Å²) in [5.41, 5.74) is 4.03. The second-order valence-corrected chi connectivity index (χ2v) is 7.04. The molecule has 4 aromatic rings. The maximum absolute atomic E-state index is 9.74. The molecule has 0 aliphatic heterocycles. The largest absolute Gasteiger partial charge is 0.396 e. The lowest BCUT2D eigenvalue weighted by Crippen LogP contribution is -2.21. The average molecular weight is 364 g/mol. The Bertz CT molecular complexity index is 966. The van der Waals surface area contributed by atoms with E-state index >= 15 is 0 Å². The summed E-state index contributed by atoms with van der Waals surface area (Å²) in [6, 6.07) is 16.1. The van der Waals surface area contributed by atoms with Crippen molar-refractivity contribution >= 4 is 22.8 Å². The molecule has 5 nitrogen and oxygen atoms in total. The first-order valence-electron chi connectivity index (χ1n) is 8.59. The average Bonchev–Trinajstić information content (AvgIpc) is 3.37. The molecular formula is C20H20N4OS. The number of fused-ring (bicyclic) bond motifs is 1. The van der Waals surface area contributed by atoms with Gasteiger partial charge in [-0.2, -0.15) is 21.0 Å². The molecule has 0 amide bonds. The molecule has 2 N–H and O–H groups in total. The number of hydrogen-bond acceptors (Lipinski definition) is 5. The predicted octanol–water partition coefficient (Wildman–Crippen LogP) is 3.72. The van der Waals surface area contributed by atoms with Crippen LogP contribution in [0, 0.1) is 5.92 Å². The van der Waals surface area contributed by atoms with Crippen molar-refractivity contribution in [3.63, 3.8) is 0 Å². The number of aromatic nitrogens is 3. The van der Waals surface area contributed by atoms with E-state index in [1.807, 2.05) is 42.5 Å². The minimum absolute atomic E-state index is 0.141. The van der Waals surface area contributed by atoms with Gasteiger partial charge in [0.25, 0.3) is 0 Å². The van der Waals surface area contributed by atoms with Gasteiger partial charge in [-0.15, -0.1) is 0 Å². The summed E-state index contributed by atoms with van der Waals surface area (Å²) in [5, 5.41) is 21.8. The van der Waals surface area contributed by atoms with Crippen molar-refractivity contribution in [1.82, 2.24) is 14.6 Å². The van der Waals surface area contributed by atoms with Gasteiger partial charge in [0.1, 0.15) is 5.82 Å². The minimum atomic E-state index is 0.141. The Balaban J connectivity index is 1.58. The molecular weight excluding hydrogens is 344 g/mol. The summed E-state index contributed by atoms with van der Waals surface area (Å²) in [5.74, 6) is 1.02. The Hall–Kier alpha value is -2.70. The van der Waals surface area contributed by atoms with Gasteiger partial charge in [0, 0.05) is 36.8 Å². The van der Waals surface area contributed by atoms with E-state index < -0.39 is 0 Å². The summed E-state index contributed by atoms with van der Waals surface area (Å²) in [4.78, 5) is 4.69. The van der Waals surface area contributed by atoms with Crippen molar-refractivity contribution in [2.75, 3.05) is 18.5 Å². The standard InChI is InChI=1S/C20H20N4OS/c25-13-16(10-15-7-9-26-14-15)12-21-20-11-18(17-4-2-1-3-5-17)23-19-6-8-22-24(19)20/h1-9,11,14,16,21,25H,10,12-13H2/t16-/m1/s1. The second-order valence-electron chi connectivity index (χ2n) is 6.26. The maximum Gasteiger partial charge on any atom is 0.157 e. The molecule has 0 bridgehead atoms. The molecule has 0 radical (unpaired) electrons.